The third-order valence-corrected chi connectivity index (χ3v) is 8.18. The molecule has 1 aromatic carbocycles. The highest BCUT2D eigenvalue weighted by molar-refractivity contribution is 5.79. The summed E-state index contributed by atoms with van der Waals surface area (Å²) in [6.45, 7) is 10.2. The lowest BCUT2D eigenvalue weighted by Gasteiger charge is -2.50. The minimum atomic E-state index is -0.261. The number of allylic oxidation sites excluding steroid dienone is 1. The van der Waals surface area contributed by atoms with E-state index in [1.165, 1.54) is 36.3 Å². The van der Waals surface area contributed by atoms with Crippen LogP contribution >= 0.6 is 0 Å². The molecule has 39 heavy (non-hydrogen) atoms. The minimum Gasteiger partial charge on any atom is -0.450 e. The van der Waals surface area contributed by atoms with Crippen LogP contribution in [0, 0.1) is 5.41 Å². The number of fused-ring (bicyclic) bond motifs is 1. The average Bonchev–Trinajstić information content (AvgIpc) is 3.53. The van der Waals surface area contributed by atoms with Gasteiger partial charge in [-0.05, 0) is 75.7 Å². The van der Waals surface area contributed by atoms with E-state index in [9.17, 15) is 4.79 Å². The summed E-state index contributed by atoms with van der Waals surface area (Å²) >= 11 is 0. The number of nitrogens with zero attached hydrogens (tertiary/aromatic N) is 6. The van der Waals surface area contributed by atoms with Crippen molar-refractivity contribution in [2.75, 3.05) is 58.2 Å². The van der Waals surface area contributed by atoms with Gasteiger partial charge in [0.15, 0.2) is 5.65 Å². The van der Waals surface area contributed by atoms with E-state index in [1.807, 2.05) is 23.7 Å². The zero-order chi connectivity index (χ0) is 27.0. The van der Waals surface area contributed by atoms with E-state index in [2.05, 4.69) is 76.7 Å². The molecule has 2 saturated heterocycles. The first kappa shape index (κ1) is 25.4. The van der Waals surface area contributed by atoms with Crippen LogP contribution in [-0.4, -0.2) is 88.3 Å². The smallest absolute Gasteiger partial charge is 0.410 e. The van der Waals surface area contributed by atoms with Crippen molar-refractivity contribution in [3.8, 4) is 0 Å². The lowest BCUT2D eigenvalue weighted by molar-refractivity contribution is 0.0608. The van der Waals surface area contributed by atoms with E-state index in [-0.39, 0.29) is 6.09 Å². The van der Waals surface area contributed by atoms with Gasteiger partial charge in [-0.15, -0.1) is 5.10 Å². The molecule has 6 rings (SSSR count). The second kappa shape index (κ2) is 10.4. The number of anilines is 2. The monoisotopic (exact) mass is 527 g/mol. The number of nitrogens with one attached hydrogen (secondary N) is 1. The van der Waals surface area contributed by atoms with Crippen molar-refractivity contribution < 1.29 is 9.53 Å². The molecule has 204 valence electrons. The summed E-state index contributed by atoms with van der Waals surface area (Å²) in [7, 11) is 2.23. The number of hydrogen-bond donors (Lipinski definition) is 1. The molecule has 0 saturated carbocycles. The van der Waals surface area contributed by atoms with Crippen LogP contribution in [0.2, 0.25) is 0 Å². The van der Waals surface area contributed by atoms with Crippen molar-refractivity contribution in [2.24, 2.45) is 5.41 Å². The maximum Gasteiger partial charge on any atom is 0.410 e. The molecule has 2 fully saturated rings. The number of carbonyl (C=O) groups excluding carboxylic acids is 1. The molecule has 2 aromatic heterocycles. The standard InChI is InChI=1S/C30H37N7O2/c1-4-26(36-20-30(21-36)14-18-34(3)19-30)23-8-10-24(11-9-23)31-28-32-27-25(7-6-15-37(27)33-28)22-12-16-35(17-13-22)29(38)39-5-2/h4,6-12,15H,5,13-14,16-21H2,1-3H3,(H,31,33). The minimum absolute atomic E-state index is 0.261. The number of hydrogen-bond acceptors (Lipinski definition) is 7. The molecule has 9 nitrogen and oxygen atoms in total. The maximum atomic E-state index is 12.1. The summed E-state index contributed by atoms with van der Waals surface area (Å²) < 4.78 is 6.95. The number of likely N-dealkylation sites (tertiary alicyclic amines) is 2. The van der Waals surface area contributed by atoms with Gasteiger partial charge in [0, 0.05) is 61.3 Å². The topological polar surface area (TPSA) is 78.2 Å². The molecule has 1 amide bonds. The third kappa shape index (κ3) is 4.98. The van der Waals surface area contributed by atoms with E-state index in [1.54, 1.807) is 4.90 Å². The Bertz CT molecular complexity index is 1420. The number of rotatable bonds is 6. The van der Waals surface area contributed by atoms with Crippen LogP contribution in [0.1, 0.15) is 37.8 Å². The number of aromatic nitrogens is 3. The van der Waals surface area contributed by atoms with Crippen LogP contribution in [-0.2, 0) is 4.74 Å². The molecule has 3 aliphatic rings. The largest absolute Gasteiger partial charge is 0.450 e. The number of ether oxygens (including phenoxy) is 1. The van der Waals surface area contributed by atoms with E-state index >= 15 is 0 Å². The fourth-order valence-electron chi connectivity index (χ4n) is 6.24. The van der Waals surface area contributed by atoms with Crippen LogP contribution in [0.15, 0.2) is 54.7 Å². The molecular formula is C30H37N7O2. The highest BCUT2D eigenvalue weighted by Gasteiger charge is 2.47. The molecule has 0 unspecified atom stereocenters. The molecule has 3 aromatic rings. The summed E-state index contributed by atoms with van der Waals surface area (Å²) in [6.07, 6.45) is 8.01. The first-order valence-corrected chi connectivity index (χ1v) is 13.9. The molecule has 0 aliphatic carbocycles. The van der Waals surface area contributed by atoms with Crippen LogP contribution in [0.25, 0.3) is 16.9 Å². The van der Waals surface area contributed by atoms with Gasteiger partial charge in [0.05, 0.1) is 6.61 Å². The number of pyridine rings is 1. The zero-order valence-corrected chi connectivity index (χ0v) is 23.1. The molecule has 1 spiro atoms. The lowest BCUT2D eigenvalue weighted by atomic mass is 9.78. The van der Waals surface area contributed by atoms with Gasteiger partial charge in [-0.3, -0.25) is 0 Å². The summed E-state index contributed by atoms with van der Waals surface area (Å²) in [4.78, 5) is 23.6. The van der Waals surface area contributed by atoms with Gasteiger partial charge in [-0.1, -0.05) is 24.3 Å². The summed E-state index contributed by atoms with van der Waals surface area (Å²) in [6, 6.07) is 12.6. The summed E-state index contributed by atoms with van der Waals surface area (Å²) in [5.74, 6) is 0.557. The van der Waals surface area contributed by atoms with E-state index in [0.29, 0.717) is 31.1 Å². The lowest BCUT2D eigenvalue weighted by Crippen LogP contribution is -2.56. The Morgan fingerprint density at radius 2 is 1.95 bits per heavy atom. The fourth-order valence-corrected chi connectivity index (χ4v) is 6.24. The van der Waals surface area contributed by atoms with Gasteiger partial charge >= 0.3 is 6.09 Å². The Morgan fingerprint density at radius 3 is 2.62 bits per heavy atom. The molecule has 0 bridgehead atoms. The molecular weight excluding hydrogens is 490 g/mol. The van der Waals surface area contributed by atoms with Crippen molar-refractivity contribution >= 4 is 34.6 Å². The molecule has 5 heterocycles. The first-order chi connectivity index (χ1) is 19.0. The van der Waals surface area contributed by atoms with Crippen LogP contribution in [0.5, 0.6) is 0 Å². The highest BCUT2D eigenvalue weighted by atomic mass is 16.6. The van der Waals surface area contributed by atoms with E-state index in [4.69, 9.17) is 9.72 Å². The zero-order valence-electron chi connectivity index (χ0n) is 23.1. The summed E-state index contributed by atoms with van der Waals surface area (Å²) in [5.41, 5.74) is 6.97. The third-order valence-electron chi connectivity index (χ3n) is 8.18. The average molecular weight is 528 g/mol. The molecule has 9 heteroatoms. The fraction of sp³-hybridized carbons (Fsp3) is 0.433. The predicted octanol–water partition coefficient (Wildman–Crippen LogP) is 4.72. The van der Waals surface area contributed by atoms with E-state index in [0.717, 1.165) is 36.4 Å². The first-order valence-electron chi connectivity index (χ1n) is 13.9. The Kier molecular flexibility index (Phi) is 6.76. The molecule has 1 N–H and O–H groups in total. The second-order valence-electron chi connectivity index (χ2n) is 11.0. The van der Waals surface area contributed by atoms with Crippen molar-refractivity contribution in [1.82, 2.24) is 29.3 Å². The Hall–Kier alpha value is -3.85. The van der Waals surface area contributed by atoms with Crippen molar-refractivity contribution in [2.45, 2.75) is 26.7 Å². The van der Waals surface area contributed by atoms with Gasteiger partial charge in [0.1, 0.15) is 0 Å². The van der Waals surface area contributed by atoms with E-state index < -0.39 is 0 Å². The Morgan fingerprint density at radius 1 is 1.13 bits per heavy atom. The van der Waals surface area contributed by atoms with Crippen molar-refractivity contribution in [1.29, 1.82) is 0 Å². The number of amides is 1. The van der Waals surface area contributed by atoms with Crippen LogP contribution < -0.4 is 5.32 Å². The van der Waals surface area contributed by atoms with Crippen molar-refractivity contribution in [3.05, 3.63) is 65.9 Å². The highest BCUT2D eigenvalue weighted by Crippen LogP contribution is 2.42. The van der Waals surface area contributed by atoms with Crippen molar-refractivity contribution in [3.63, 3.8) is 0 Å². The normalized spacial score (nSPS) is 19.4. The molecule has 0 radical (unpaired) electrons. The van der Waals surface area contributed by atoms with Crippen LogP contribution in [0.3, 0.4) is 0 Å². The van der Waals surface area contributed by atoms with Crippen LogP contribution in [0.4, 0.5) is 16.4 Å². The quantitative estimate of drug-likeness (QED) is 0.497. The predicted molar refractivity (Wildman–Crippen MR) is 154 cm³/mol. The van der Waals surface area contributed by atoms with Gasteiger partial charge in [-0.25, -0.2) is 9.31 Å². The molecule has 0 atom stereocenters. The Balaban J connectivity index is 1.13. The SMILES string of the molecule is CC=C(c1ccc(Nc2nc3c(C4=CCN(C(=O)OCC)CC4)cccn3n2)cc1)N1CC2(CCN(C)C2)C1. The molecule has 3 aliphatic heterocycles. The van der Waals surface area contributed by atoms with Gasteiger partial charge in [0.2, 0.25) is 5.95 Å². The number of benzene rings is 1. The maximum absolute atomic E-state index is 12.1. The van der Waals surface area contributed by atoms with Gasteiger partial charge in [-0.2, -0.15) is 4.98 Å². The van der Waals surface area contributed by atoms with Gasteiger partial charge in [0.25, 0.3) is 0 Å². The Labute approximate surface area is 229 Å². The van der Waals surface area contributed by atoms with Gasteiger partial charge < -0.3 is 24.8 Å². The number of carbonyl (C=O) groups is 1. The summed E-state index contributed by atoms with van der Waals surface area (Å²) in [5, 5.41) is 8.04. The second-order valence-corrected chi connectivity index (χ2v) is 11.0.